The quantitative estimate of drug-likeness (QED) is 0.749. The van der Waals surface area contributed by atoms with Gasteiger partial charge in [0.05, 0.1) is 5.56 Å². The van der Waals surface area contributed by atoms with Crippen molar-refractivity contribution >= 4 is 17.9 Å². The largest absolute Gasteiger partial charge is 0.378 e. The van der Waals surface area contributed by atoms with Crippen molar-refractivity contribution < 1.29 is 9.59 Å². The lowest BCUT2D eigenvalue weighted by molar-refractivity contribution is 0.0770. The normalized spacial score (nSPS) is 10.0. The number of benzene rings is 1. The van der Waals surface area contributed by atoms with E-state index in [0.717, 1.165) is 12.0 Å². The number of amides is 1. The summed E-state index contributed by atoms with van der Waals surface area (Å²) in [6, 6.07) is 5.31. The zero-order valence-electron chi connectivity index (χ0n) is 11.4. The highest BCUT2D eigenvalue weighted by Gasteiger charge is 2.16. The summed E-state index contributed by atoms with van der Waals surface area (Å²) in [5, 5.41) is 0. The summed E-state index contributed by atoms with van der Waals surface area (Å²) in [5.41, 5.74) is 1.82. The molecule has 0 fully saturated rings. The maximum atomic E-state index is 12.2. The Morgan fingerprint density at radius 3 is 2.28 bits per heavy atom. The lowest BCUT2D eigenvalue weighted by Crippen LogP contribution is -2.31. The maximum Gasteiger partial charge on any atom is 0.254 e. The molecule has 18 heavy (non-hydrogen) atoms. The number of nitrogens with zero attached hydrogens (tertiary/aromatic N) is 2. The van der Waals surface area contributed by atoms with E-state index in [2.05, 4.69) is 0 Å². The van der Waals surface area contributed by atoms with Crippen molar-refractivity contribution in [3.8, 4) is 0 Å². The van der Waals surface area contributed by atoms with Crippen molar-refractivity contribution in [2.24, 2.45) is 0 Å². The topological polar surface area (TPSA) is 40.6 Å². The molecule has 0 aliphatic carbocycles. The Labute approximate surface area is 108 Å². The first-order valence-corrected chi connectivity index (χ1v) is 6.10. The second-order valence-electron chi connectivity index (χ2n) is 4.26. The zero-order valence-corrected chi connectivity index (χ0v) is 11.4. The van der Waals surface area contributed by atoms with Gasteiger partial charge in [0.15, 0.2) is 6.29 Å². The fourth-order valence-electron chi connectivity index (χ4n) is 1.80. The molecule has 0 bridgehead atoms. The Balaban J connectivity index is 3.17. The fourth-order valence-corrected chi connectivity index (χ4v) is 1.80. The standard InChI is InChI=1S/C14H20N2O2/c1-5-16(6-2)14(18)13-8-7-12(15(3)4)9-11(13)10-17/h7-10H,5-6H2,1-4H3. The fraction of sp³-hybridized carbons (Fsp3) is 0.429. The Kier molecular flexibility index (Phi) is 4.89. The van der Waals surface area contributed by atoms with Gasteiger partial charge in [-0.3, -0.25) is 9.59 Å². The molecule has 0 atom stereocenters. The van der Waals surface area contributed by atoms with Gasteiger partial charge in [0, 0.05) is 38.4 Å². The van der Waals surface area contributed by atoms with Crippen molar-refractivity contribution in [3.05, 3.63) is 29.3 Å². The van der Waals surface area contributed by atoms with E-state index in [1.54, 1.807) is 17.0 Å². The van der Waals surface area contributed by atoms with Gasteiger partial charge < -0.3 is 9.80 Å². The van der Waals surface area contributed by atoms with Gasteiger partial charge in [-0.15, -0.1) is 0 Å². The van der Waals surface area contributed by atoms with Crippen LogP contribution < -0.4 is 4.90 Å². The average molecular weight is 248 g/mol. The van der Waals surface area contributed by atoms with Gasteiger partial charge in [0.1, 0.15) is 0 Å². The Bertz CT molecular complexity index is 437. The smallest absolute Gasteiger partial charge is 0.254 e. The molecule has 1 aromatic carbocycles. The predicted octanol–water partition coefficient (Wildman–Crippen LogP) is 2.05. The molecule has 0 spiro atoms. The number of carbonyl (C=O) groups is 2. The van der Waals surface area contributed by atoms with Crippen LogP contribution in [0.5, 0.6) is 0 Å². The van der Waals surface area contributed by atoms with E-state index >= 15 is 0 Å². The monoisotopic (exact) mass is 248 g/mol. The molecule has 0 radical (unpaired) electrons. The summed E-state index contributed by atoms with van der Waals surface area (Å²) >= 11 is 0. The molecule has 0 aliphatic rings. The summed E-state index contributed by atoms with van der Waals surface area (Å²) in [4.78, 5) is 26.9. The minimum absolute atomic E-state index is 0.0904. The number of hydrogen-bond donors (Lipinski definition) is 0. The summed E-state index contributed by atoms with van der Waals surface area (Å²) in [5.74, 6) is -0.0904. The van der Waals surface area contributed by atoms with Crippen LogP contribution >= 0.6 is 0 Å². The molecule has 1 aromatic rings. The van der Waals surface area contributed by atoms with Crippen LogP contribution in [-0.4, -0.2) is 44.3 Å². The van der Waals surface area contributed by atoms with Crippen molar-refractivity contribution in [1.29, 1.82) is 0 Å². The first kappa shape index (κ1) is 14.2. The minimum Gasteiger partial charge on any atom is -0.378 e. The van der Waals surface area contributed by atoms with Crippen LogP contribution in [0.15, 0.2) is 18.2 Å². The molecule has 4 heteroatoms. The molecule has 0 unspecified atom stereocenters. The van der Waals surface area contributed by atoms with Gasteiger partial charge in [-0.05, 0) is 32.0 Å². The first-order valence-electron chi connectivity index (χ1n) is 6.10. The van der Waals surface area contributed by atoms with Crippen LogP contribution in [0.4, 0.5) is 5.69 Å². The van der Waals surface area contributed by atoms with Crippen LogP contribution in [0.2, 0.25) is 0 Å². The lowest BCUT2D eigenvalue weighted by Gasteiger charge is -2.20. The van der Waals surface area contributed by atoms with Gasteiger partial charge in [0.2, 0.25) is 0 Å². The number of carbonyl (C=O) groups excluding carboxylic acids is 2. The third kappa shape index (κ3) is 2.88. The van der Waals surface area contributed by atoms with Crippen LogP contribution in [0.1, 0.15) is 34.6 Å². The van der Waals surface area contributed by atoms with E-state index in [4.69, 9.17) is 0 Å². The average Bonchev–Trinajstić information content (AvgIpc) is 2.39. The number of anilines is 1. The molecule has 1 rings (SSSR count). The lowest BCUT2D eigenvalue weighted by atomic mass is 10.1. The van der Waals surface area contributed by atoms with E-state index in [1.165, 1.54) is 0 Å². The van der Waals surface area contributed by atoms with Crippen LogP contribution in [0.25, 0.3) is 0 Å². The van der Waals surface area contributed by atoms with E-state index < -0.39 is 0 Å². The van der Waals surface area contributed by atoms with Crippen LogP contribution in [0, 0.1) is 0 Å². The van der Waals surface area contributed by atoms with Gasteiger partial charge in [-0.1, -0.05) is 0 Å². The van der Waals surface area contributed by atoms with Crippen LogP contribution in [0.3, 0.4) is 0 Å². The van der Waals surface area contributed by atoms with Crippen molar-refractivity contribution in [3.63, 3.8) is 0 Å². The molecular weight excluding hydrogens is 228 g/mol. The van der Waals surface area contributed by atoms with E-state index in [0.29, 0.717) is 24.2 Å². The molecule has 0 aromatic heterocycles. The summed E-state index contributed by atoms with van der Waals surface area (Å²) in [6.45, 7) is 5.14. The molecule has 0 heterocycles. The first-order chi connectivity index (χ1) is 8.54. The molecule has 4 nitrogen and oxygen atoms in total. The number of aldehydes is 1. The highest BCUT2D eigenvalue weighted by molar-refractivity contribution is 6.02. The molecule has 98 valence electrons. The van der Waals surface area contributed by atoms with Crippen LogP contribution in [-0.2, 0) is 0 Å². The molecule has 0 saturated carbocycles. The van der Waals surface area contributed by atoms with Gasteiger partial charge in [-0.2, -0.15) is 0 Å². The maximum absolute atomic E-state index is 12.2. The van der Waals surface area contributed by atoms with Gasteiger partial charge in [-0.25, -0.2) is 0 Å². The molecule has 1 amide bonds. The zero-order chi connectivity index (χ0) is 13.7. The minimum atomic E-state index is -0.0904. The molecule has 0 N–H and O–H groups in total. The number of rotatable bonds is 5. The second kappa shape index (κ2) is 6.19. The molecule has 0 saturated heterocycles. The van der Waals surface area contributed by atoms with E-state index in [-0.39, 0.29) is 5.91 Å². The Morgan fingerprint density at radius 2 is 1.83 bits per heavy atom. The molecule has 0 aliphatic heterocycles. The predicted molar refractivity (Wildman–Crippen MR) is 73.4 cm³/mol. The Morgan fingerprint density at radius 1 is 1.22 bits per heavy atom. The van der Waals surface area contributed by atoms with Crippen molar-refractivity contribution in [1.82, 2.24) is 4.90 Å². The van der Waals surface area contributed by atoms with Gasteiger partial charge >= 0.3 is 0 Å². The highest BCUT2D eigenvalue weighted by Crippen LogP contribution is 2.18. The highest BCUT2D eigenvalue weighted by atomic mass is 16.2. The van der Waals surface area contributed by atoms with E-state index in [9.17, 15) is 9.59 Å². The SMILES string of the molecule is CCN(CC)C(=O)c1ccc(N(C)C)cc1C=O. The van der Waals surface area contributed by atoms with Crippen molar-refractivity contribution in [2.45, 2.75) is 13.8 Å². The third-order valence-electron chi connectivity index (χ3n) is 2.96. The third-order valence-corrected chi connectivity index (χ3v) is 2.96. The number of hydrogen-bond acceptors (Lipinski definition) is 3. The summed E-state index contributed by atoms with van der Waals surface area (Å²) in [6.07, 6.45) is 0.740. The van der Waals surface area contributed by atoms with E-state index in [1.807, 2.05) is 38.9 Å². The molecular formula is C14H20N2O2. The summed E-state index contributed by atoms with van der Waals surface area (Å²) in [7, 11) is 3.80. The van der Waals surface area contributed by atoms with Crippen molar-refractivity contribution in [2.75, 3.05) is 32.1 Å². The Hall–Kier alpha value is -1.84. The second-order valence-corrected chi connectivity index (χ2v) is 4.26. The summed E-state index contributed by atoms with van der Waals surface area (Å²) < 4.78 is 0. The van der Waals surface area contributed by atoms with Gasteiger partial charge in [0.25, 0.3) is 5.91 Å².